The molecule has 0 N–H and O–H groups in total. The van der Waals surface area contributed by atoms with Crippen molar-refractivity contribution < 1.29 is 4.20 Å². The highest BCUT2D eigenvalue weighted by Gasteiger charge is 2.10. The molecular formula is C5H12FN2P. The molecule has 0 rings (SSSR count). The molecular weight excluding hydrogens is 138 g/mol. The summed E-state index contributed by atoms with van der Waals surface area (Å²) in [5.41, 5.74) is 0. The highest BCUT2D eigenvalue weighted by atomic mass is 31.2. The SMILES string of the molecule is C=NP(F)(CCC)=NC. The van der Waals surface area contributed by atoms with E-state index in [1.807, 2.05) is 6.92 Å². The van der Waals surface area contributed by atoms with Crippen molar-refractivity contribution in [3.63, 3.8) is 0 Å². The molecule has 0 aromatic rings. The van der Waals surface area contributed by atoms with Crippen molar-refractivity contribution in [1.29, 1.82) is 0 Å². The molecule has 0 aromatic heterocycles. The van der Waals surface area contributed by atoms with Gasteiger partial charge in [-0.2, -0.15) is 4.20 Å². The molecule has 0 bridgehead atoms. The van der Waals surface area contributed by atoms with Crippen LogP contribution in [0.4, 0.5) is 4.20 Å². The topological polar surface area (TPSA) is 24.7 Å². The predicted molar refractivity (Wildman–Crippen MR) is 41.1 cm³/mol. The first kappa shape index (κ1) is 8.83. The van der Waals surface area contributed by atoms with E-state index in [1.54, 1.807) is 0 Å². The summed E-state index contributed by atoms with van der Waals surface area (Å²) in [7, 11) is -1.34. The van der Waals surface area contributed by atoms with E-state index in [-0.39, 0.29) is 0 Å². The lowest BCUT2D eigenvalue weighted by molar-refractivity contribution is 0.850. The molecule has 0 amide bonds. The van der Waals surface area contributed by atoms with Gasteiger partial charge in [0.25, 0.3) is 0 Å². The molecule has 0 saturated heterocycles. The summed E-state index contributed by atoms with van der Waals surface area (Å²) in [5, 5.41) is 0. The minimum absolute atomic E-state index is 0.438. The maximum absolute atomic E-state index is 13.0. The van der Waals surface area contributed by atoms with E-state index < -0.39 is 7.52 Å². The maximum atomic E-state index is 13.0. The van der Waals surface area contributed by atoms with Crippen LogP contribution < -0.4 is 0 Å². The molecule has 54 valence electrons. The molecule has 2 nitrogen and oxygen atoms in total. The largest absolute Gasteiger partial charge is 0.257 e. The first-order valence-corrected chi connectivity index (χ1v) is 4.63. The fraction of sp³-hybridized carbons (Fsp3) is 0.800. The first-order chi connectivity index (χ1) is 4.18. The van der Waals surface area contributed by atoms with E-state index in [9.17, 15) is 4.20 Å². The minimum Gasteiger partial charge on any atom is -0.257 e. The molecule has 0 aliphatic carbocycles. The molecule has 0 spiro atoms. The minimum atomic E-state index is -2.79. The lowest BCUT2D eigenvalue weighted by Gasteiger charge is -2.04. The van der Waals surface area contributed by atoms with Gasteiger partial charge in [0.05, 0.1) is 0 Å². The summed E-state index contributed by atoms with van der Waals surface area (Å²) in [6.45, 7) is 5.06. The lowest BCUT2D eigenvalue weighted by Crippen LogP contribution is -1.77. The third-order valence-electron chi connectivity index (χ3n) is 1.03. The van der Waals surface area contributed by atoms with E-state index in [4.69, 9.17) is 0 Å². The van der Waals surface area contributed by atoms with Crippen LogP contribution in [0, 0.1) is 0 Å². The van der Waals surface area contributed by atoms with Crippen LogP contribution in [0.5, 0.6) is 0 Å². The highest BCUT2D eigenvalue weighted by Crippen LogP contribution is 2.52. The van der Waals surface area contributed by atoms with Crippen molar-refractivity contribution in [2.45, 2.75) is 13.3 Å². The van der Waals surface area contributed by atoms with Crippen molar-refractivity contribution in [1.82, 2.24) is 0 Å². The van der Waals surface area contributed by atoms with E-state index in [1.165, 1.54) is 7.05 Å². The molecule has 0 aliphatic heterocycles. The van der Waals surface area contributed by atoms with Crippen molar-refractivity contribution in [3.8, 4) is 0 Å². The summed E-state index contributed by atoms with van der Waals surface area (Å²) in [4.78, 5) is 0. The van der Waals surface area contributed by atoms with Gasteiger partial charge in [0.1, 0.15) is 0 Å². The number of halogens is 1. The van der Waals surface area contributed by atoms with Gasteiger partial charge in [0.15, 0.2) is 0 Å². The zero-order valence-electron chi connectivity index (χ0n) is 5.84. The van der Waals surface area contributed by atoms with Crippen LogP contribution in [-0.2, 0) is 0 Å². The summed E-state index contributed by atoms with van der Waals surface area (Å²) in [6.07, 6.45) is 1.22. The Labute approximate surface area is 55.4 Å². The second-order valence-corrected chi connectivity index (χ2v) is 4.12. The summed E-state index contributed by atoms with van der Waals surface area (Å²) < 4.78 is 19.9. The fourth-order valence-corrected chi connectivity index (χ4v) is 1.56. The van der Waals surface area contributed by atoms with Crippen molar-refractivity contribution in [2.24, 2.45) is 9.51 Å². The summed E-state index contributed by atoms with van der Waals surface area (Å²) in [6, 6.07) is 0. The molecule has 0 aliphatic rings. The molecule has 4 heteroatoms. The van der Waals surface area contributed by atoms with E-state index in [2.05, 4.69) is 16.2 Å². The van der Waals surface area contributed by atoms with Gasteiger partial charge < -0.3 is 0 Å². The van der Waals surface area contributed by atoms with Gasteiger partial charge in [0, 0.05) is 13.2 Å². The Morgan fingerprint density at radius 3 is 2.33 bits per heavy atom. The fourth-order valence-electron chi connectivity index (χ4n) is 0.518. The highest BCUT2D eigenvalue weighted by molar-refractivity contribution is 7.59. The summed E-state index contributed by atoms with van der Waals surface area (Å²) >= 11 is 0. The van der Waals surface area contributed by atoms with Gasteiger partial charge in [-0.3, -0.25) is 4.74 Å². The molecule has 0 fully saturated rings. The molecule has 1 unspecified atom stereocenters. The van der Waals surface area contributed by atoms with Gasteiger partial charge in [-0.25, -0.2) is 4.76 Å². The monoisotopic (exact) mass is 150 g/mol. The average molecular weight is 150 g/mol. The zero-order valence-corrected chi connectivity index (χ0v) is 6.74. The Balaban J connectivity index is 4.11. The smallest absolute Gasteiger partial charge is 0.238 e. The Kier molecular flexibility index (Phi) is 3.71. The van der Waals surface area contributed by atoms with Crippen LogP contribution in [0.15, 0.2) is 9.51 Å². The van der Waals surface area contributed by atoms with E-state index >= 15 is 0 Å². The quantitative estimate of drug-likeness (QED) is 0.436. The Morgan fingerprint density at radius 2 is 2.22 bits per heavy atom. The van der Waals surface area contributed by atoms with Crippen molar-refractivity contribution >= 4 is 14.2 Å². The number of nitrogens with zero attached hydrogens (tertiary/aromatic N) is 2. The van der Waals surface area contributed by atoms with Gasteiger partial charge in [-0.05, 0) is 13.1 Å². The molecule has 9 heavy (non-hydrogen) atoms. The molecule has 1 atom stereocenters. The number of rotatable bonds is 3. The number of hydrogen-bond acceptors (Lipinski definition) is 1. The molecule has 0 heterocycles. The van der Waals surface area contributed by atoms with E-state index in [0.29, 0.717) is 6.16 Å². The standard InChI is InChI=1S/C5H12FN2P/c1-4-5-9(6,7-2)8-3/h2,4-5H2,1,3H3. The van der Waals surface area contributed by atoms with Crippen LogP contribution >= 0.6 is 7.52 Å². The van der Waals surface area contributed by atoms with Gasteiger partial charge in [-0.1, -0.05) is 6.92 Å². The van der Waals surface area contributed by atoms with Crippen LogP contribution in [0.1, 0.15) is 13.3 Å². The third kappa shape index (κ3) is 2.75. The molecule has 0 aromatic carbocycles. The van der Waals surface area contributed by atoms with Gasteiger partial charge in [-0.15, -0.1) is 0 Å². The van der Waals surface area contributed by atoms with Crippen LogP contribution in [-0.4, -0.2) is 19.9 Å². The van der Waals surface area contributed by atoms with E-state index in [0.717, 1.165) is 6.42 Å². The van der Waals surface area contributed by atoms with Gasteiger partial charge >= 0.3 is 0 Å². The third-order valence-corrected chi connectivity index (χ3v) is 3.09. The lowest BCUT2D eigenvalue weighted by atomic mass is 10.6. The van der Waals surface area contributed by atoms with Crippen LogP contribution in [0.2, 0.25) is 0 Å². The first-order valence-electron chi connectivity index (χ1n) is 2.86. The molecule has 0 radical (unpaired) electrons. The van der Waals surface area contributed by atoms with Crippen LogP contribution in [0.3, 0.4) is 0 Å². The Hall–Kier alpha value is -0.170. The molecule has 0 saturated carbocycles. The van der Waals surface area contributed by atoms with Crippen molar-refractivity contribution in [2.75, 3.05) is 13.2 Å². The van der Waals surface area contributed by atoms with Crippen LogP contribution in [0.25, 0.3) is 0 Å². The Bertz CT molecular complexity index is 144. The zero-order chi connectivity index (χ0) is 7.33. The van der Waals surface area contributed by atoms with Crippen molar-refractivity contribution in [3.05, 3.63) is 0 Å². The predicted octanol–water partition coefficient (Wildman–Crippen LogP) is 2.73. The Morgan fingerprint density at radius 1 is 1.67 bits per heavy atom. The summed E-state index contributed by atoms with van der Waals surface area (Å²) in [5.74, 6) is 0. The van der Waals surface area contributed by atoms with Gasteiger partial charge in [0.2, 0.25) is 7.52 Å². The average Bonchev–Trinajstić information content (AvgIpc) is 1.89. The maximum Gasteiger partial charge on any atom is 0.238 e. The normalized spacial score (nSPS) is 16.3. The number of hydrogen-bond donors (Lipinski definition) is 0. The second-order valence-electron chi connectivity index (χ2n) is 1.71. The second kappa shape index (κ2) is 3.78.